The van der Waals surface area contributed by atoms with Gasteiger partial charge in [0.05, 0.1) is 10.7 Å². The van der Waals surface area contributed by atoms with Crippen LogP contribution in [0.3, 0.4) is 0 Å². The molecule has 4 aromatic rings. The second-order valence-electron chi connectivity index (χ2n) is 6.50. The first-order valence-electron chi connectivity index (χ1n) is 9.07. The highest BCUT2D eigenvalue weighted by atomic mass is 35.5. The number of amides is 2. The molecule has 0 aromatic heterocycles. The van der Waals surface area contributed by atoms with E-state index >= 15 is 0 Å². The second kappa shape index (κ2) is 8.17. The van der Waals surface area contributed by atoms with Crippen LogP contribution in [0.2, 0.25) is 5.02 Å². The van der Waals surface area contributed by atoms with Crippen LogP contribution >= 0.6 is 11.6 Å². The minimum Gasteiger partial charge on any atom is -0.322 e. The van der Waals surface area contributed by atoms with Gasteiger partial charge in [0.2, 0.25) is 0 Å². The van der Waals surface area contributed by atoms with Crippen LogP contribution in [0.4, 0.5) is 11.4 Å². The Balaban J connectivity index is 1.57. The van der Waals surface area contributed by atoms with Gasteiger partial charge < -0.3 is 10.6 Å². The van der Waals surface area contributed by atoms with Crippen molar-refractivity contribution in [2.75, 3.05) is 10.6 Å². The summed E-state index contributed by atoms with van der Waals surface area (Å²) in [4.78, 5) is 25.2. The number of hydrogen-bond acceptors (Lipinski definition) is 2. The number of fused-ring (bicyclic) bond motifs is 1. The Morgan fingerprint density at radius 3 is 2.24 bits per heavy atom. The maximum Gasteiger partial charge on any atom is 0.256 e. The molecular weight excluding hydrogens is 384 g/mol. The molecule has 0 radical (unpaired) electrons. The van der Waals surface area contributed by atoms with Crippen molar-refractivity contribution in [1.82, 2.24) is 0 Å². The zero-order valence-electron chi connectivity index (χ0n) is 15.4. The first-order valence-corrected chi connectivity index (χ1v) is 9.45. The molecule has 0 saturated heterocycles. The summed E-state index contributed by atoms with van der Waals surface area (Å²) in [6.07, 6.45) is 0. The topological polar surface area (TPSA) is 58.2 Å². The first-order chi connectivity index (χ1) is 14.1. The van der Waals surface area contributed by atoms with E-state index < -0.39 is 0 Å². The number of nitrogens with one attached hydrogen (secondary N) is 2. The molecule has 2 amide bonds. The lowest BCUT2D eigenvalue weighted by Crippen LogP contribution is -2.14. The van der Waals surface area contributed by atoms with Gasteiger partial charge in [0, 0.05) is 16.8 Å². The van der Waals surface area contributed by atoms with Crippen molar-refractivity contribution in [1.29, 1.82) is 0 Å². The van der Waals surface area contributed by atoms with Gasteiger partial charge in [0.1, 0.15) is 0 Å². The molecule has 4 aromatic carbocycles. The van der Waals surface area contributed by atoms with Crippen molar-refractivity contribution in [3.05, 3.63) is 107 Å². The summed E-state index contributed by atoms with van der Waals surface area (Å²) in [5, 5.41) is 7.92. The Hall–Kier alpha value is -3.63. The summed E-state index contributed by atoms with van der Waals surface area (Å²) >= 11 is 6.23. The van der Waals surface area contributed by atoms with E-state index in [1.807, 2.05) is 42.5 Å². The Bertz CT molecular complexity index is 1200. The summed E-state index contributed by atoms with van der Waals surface area (Å²) < 4.78 is 0. The molecule has 0 aliphatic heterocycles. The van der Waals surface area contributed by atoms with Gasteiger partial charge in [-0.1, -0.05) is 66.2 Å². The molecule has 2 N–H and O–H groups in total. The monoisotopic (exact) mass is 400 g/mol. The fraction of sp³-hybridized carbons (Fsp3) is 0. The van der Waals surface area contributed by atoms with Gasteiger partial charge in [-0.25, -0.2) is 0 Å². The molecule has 4 rings (SSSR count). The van der Waals surface area contributed by atoms with Crippen LogP contribution in [-0.4, -0.2) is 11.8 Å². The lowest BCUT2D eigenvalue weighted by molar-refractivity contribution is 0.102. The van der Waals surface area contributed by atoms with Crippen molar-refractivity contribution < 1.29 is 9.59 Å². The quantitative estimate of drug-likeness (QED) is 0.441. The third-order valence-corrected chi connectivity index (χ3v) is 4.87. The maximum absolute atomic E-state index is 12.8. The molecule has 0 saturated carbocycles. The van der Waals surface area contributed by atoms with Crippen molar-refractivity contribution >= 4 is 45.6 Å². The molecule has 0 aliphatic carbocycles. The lowest BCUT2D eigenvalue weighted by atomic mass is 10.0. The van der Waals surface area contributed by atoms with Gasteiger partial charge in [-0.2, -0.15) is 0 Å². The van der Waals surface area contributed by atoms with Crippen LogP contribution in [0.15, 0.2) is 91.0 Å². The van der Waals surface area contributed by atoms with E-state index in [-0.39, 0.29) is 11.8 Å². The Morgan fingerprint density at radius 2 is 1.41 bits per heavy atom. The third-order valence-electron chi connectivity index (χ3n) is 4.54. The summed E-state index contributed by atoms with van der Waals surface area (Å²) in [5.74, 6) is -0.505. The predicted octanol–water partition coefficient (Wildman–Crippen LogP) is 6.00. The number of benzene rings is 4. The highest BCUT2D eigenvalue weighted by Gasteiger charge is 2.13. The zero-order chi connectivity index (χ0) is 20.2. The van der Waals surface area contributed by atoms with E-state index in [1.54, 1.807) is 48.5 Å². The number of carbonyl (C=O) groups excluding carboxylic acids is 2. The Labute approximate surface area is 173 Å². The molecule has 0 fully saturated rings. The number of rotatable bonds is 4. The van der Waals surface area contributed by atoms with Crippen molar-refractivity contribution in [2.24, 2.45) is 0 Å². The SMILES string of the molecule is O=C(Nc1cc(NC(=O)c2cccc3ccccc23)ccc1Cl)c1ccccc1. The molecule has 0 bridgehead atoms. The number of anilines is 2. The predicted molar refractivity (Wildman–Crippen MR) is 118 cm³/mol. The summed E-state index contributed by atoms with van der Waals surface area (Å²) in [5.41, 5.74) is 2.06. The maximum atomic E-state index is 12.8. The van der Waals surface area contributed by atoms with E-state index in [1.165, 1.54) is 0 Å². The zero-order valence-corrected chi connectivity index (χ0v) is 16.1. The number of hydrogen-bond donors (Lipinski definition) is 2. The van der Waals surface area contributed by atoms with Crippen LogP contribution in [0, 0.1) is 0 Å². The largest absolute Gasteiger partial charge is 0.322 e. The summed E-state index contributed by atoms with van der Waals surface area (Å²) in [6.45, 7) is 0. The number of halogens is 1. The van der Waals surface area contributed by atoms with E-state index in [0.717, 1.165) is 10.8 Å². The van der Waals surface area contributed by atoms with E-state index in [4.69, 9.17) is 11.6 Å². The fourth-order valence-corrected chi connectivity index (χ4v) is 3.27. The first kappa shape index (κ1) is 18.7. The van der Waals surface area contributed by atoms with Gasteiger partial charge >= 0.3 is 0 Å². The van der Waals surface area contributed by atoms with Crippen LogP contribution in [-0.2, 0) is 0 Å². The minimum absolute atomic E-state index is 0.232. The molecule has 0 atom stereocenters. The standard InChI is InChI=1S/C24H17ClN2O2/c25-21-14-13-18(15-22(21)27-23(28)17-8-2-1-3-9-17)26-24(29)20-12-6-10-16-7-4-5-11-19(16)20/h1-15H,(H,26,29)(H,27,28). The molecule has 0 unspecified atom stereocenters. The van der Waals surface area contributed by atoms with Crippen molar-refractivity contribution in [2.45, 2.75) is 0 Å². The fourth-order valence-electron chi connectivity index (χ4n) is 3.10. The van der Waals surface area contributed by atoms with Crippen LogP contribution in [0.1, 0.15) is 20.7 Å². The van der Waals surface area contributed by atoms with Gasteiger partial charge in [0.15, 0.2) is 0 Å². The average Bonchev–Trinajstić information content (AvgIpc) is 2.76. The molecule has 0 aliphatic rings. The van der Waals surface area contributed by atoms with Crippen molar-refractivity contribution in [3.63, 3.8) is 0 Å². The van der Waals surface area contributed by atoms with E-state index in [0.29, 0.717) is 27.5 Å². The van der Waals surface area contributed by atoms with Crippen LogP contribution in [0.5, 0.6) is 0 Å². The van der Waals surface area contributed by atoms with Crippen molar-refractivity contribution in [3.8, 4) is 0 Å². The van der Waals surface area contributed by atoms with Crippen LogP contribution in [0.25, 0.3) is 10.8 Å². The van der Waals surface area contributed by atoms with Gasteiger partial charge in [-0.15, -0.1) is 0 Å². The molecule has 4 nitrogen and oxygen atoms in total. The molecule has 0 heterocycles. The minimum atomic E-state index is -0.273. The second-order valence-corrected chi connectivity index (χ2v) is 6.90. The molecule has 29 heavy (non-hydrogen) atoms. The highest BCUT2D eigenvalue weighted by Crippen LogP contribution is 2.27. The van der Waals surface area contributed by atoms with Gasteiger partial charge in [-0.05, 0) is 47.2 Å². The molecule has 0 spiro atoms. The number of carbonyl (C=O) groups is 2. The smallest absolute Gasteiger partial charge is 0.256 e. The molecule has 142 valence electrons. The van der Waals surface area contributed by atoms with E-state index in [2.05, 4.69) is 10.6 Å². The molecular formula is C24H17ClN2O2. The van der Waals surface area contributed by atoms with Gasteiger partial charge in [0.25, 0.3) is 11.8 Å². The summed E-state index contributed by atoms with van der Waals surface area (Å²) in [6, 6.07) is 27.2. The van der Waals surface area contributed by atoms with Gasteiger partial charge in [-0.3, -0.25) is 9.59 Å². The van der Waals surface area contributed by atoms with E-state index in [9.17, 15) is 9.59 Å². The lowest BCUT2D eigenvalue weighted by Gasteiger charge is -2.12. The normalized spacial score (nSPS) is 10.5. The average molecular weight is 401 g/mol. The highest BCUT2D eigenvalue weighted by molar-refractivity contribution is 6.34. The Kier molecular flexibility index (Phi) is 5.27. The molecule has 5 heteroatoms. The third kappa shape index (κ3) is 4.13. The summed E-state index contributed by atoms with van der Waals surface area (Å²) in [7, 11) is 0. The Morgan fingerprint density at radius 1 is 0.690 bits per heavy atom. The van der Waals surface area contributed by atoms with Crippen LogP contribution < -0.4 is 10.6 Å².